The largest absolute Gasteiger partial charge is 0.306 e. The van der Waals surface area contributed by atoms with Crippen LogP contribution in [0, 0.1) is 0 Å². The molecule has 3 aromatic heterocycles. The van der Waals surface area contributed by atoms with Crippen LogP contribution in [0.4, 0.5) is 5.82 Å². The van der Waals surface area contributed by atoms with Crippen molar-refractivity contribution in [2.45, 2.75) is 0 Å². The van der Waals surface area contributed by atoms with Crippen LogP contribution in [0.2, 0.25) is 0 Å². The minimum atomic E-state index is -0.139. The molecule has 0 saturated carbocycles. The van der Waals surface area contributed by atoms with Gasteiger partial charge in [-0.2, -0.15) is 5.10 Å². The van der Waals surface area contributed by atoms with Crippen molar-refractivity contribution in [1.29, 1.82) is 0 Å². The molecule has 1 aliphatic heterocycles. The maximum atomic E-state index is 12.3. The summed E-state index contributed by atoms with van der Waals surface area (Å²) in [5.41, 5.74) is 5.18. The molecular formula is C22H15N5O. The van der Waals surface area contributed by atoms with Gasteiger partial charge in [0.05, 0.1) is 16.8 Å². The van der Waals surface area contributed by atoms with E-state index in [1.165, 1.54) is 0 Å². The summed E-state index contributed by atoms with van der Waals surface area (Å²) in [4.78, 5) is 20.5. The van der Waals surface area contributed by atoms with E-state index in [-0.39, 0.29) is 5.91 Å². The van der Waals surface area contributed by atoms with Crippen molar-refractivity contribution in [2.24, 2.45) is 0 Å². The maximum absolute atomic E-state index is 12.3. The molecule has 4 aromatic rings. The normalized spacial score (nSPS) is 14.7. The third-order valence-electron chi connectivity index (χ3n) is 4.64. The molecule has 134 valence electrons. The number of pyridine rings is 2. The predicted octanol–water partition coefficient (Wildman–Crippen LogP) is 4.02. The summed E-state index contributed by atoms with van der Waals surface area (Å²) in [6.45, 7) is 0. The third kappa shape index (κ3) is 2.87. The first kappa shape index (κ1) is 16.1. The second kappa shape index (κ2) is 6.59. The fraction of sp³-hybridized carbons (Fsp3) is 0. The number of nitrogens with zero attached hydrogens (tertiary/aromatic N) is 3. The number of fused-ring (bicyclic) bond motifs is 2. The van der Waals surface area contributed by atoms with E-state index in [0.717, 1.165) is 33.3 Å². The first-order valence-electron chi connectivity index (χ1n) is 8.82. The van der Waals surface area contributed by atoms with E-state index < -0.39 is 0 Å². The van der Waals surface area contributed by atoms with E-state index in [9.17, 15) is 4.79 Å². The number of aromatic nitrogens is 4. The van der Waals surface area contributed by atoms with Crippen molar-refractivity contribution in [3.8, 4) is 0 Å². The number of H-pyrrole nitrogens is 1. The van der Waals surface area contributed by atoms with E-state index in [4.69, 9.17) is 0 Å². The first-order valence-corrected chi connectivity index (χ1v) is 8.82. The van der Waals surface area contributed by atoms with Gasteiger partial charge in [-0.15, -0.1) is 0 Å². The summed E-state index contributed by atoms with van der Waals surface area (Å²) >= 11 is 0. The molecule has 28 heavy (non-hydrogen) atoms. The minimum absolute atomic E-state index is 0.139. The maximum Gasteiger partial charge on any atom is 0.257 e. The summed E-state index contributed by atoms with van der Waals surface area (Å²) in [5, 5.41) is 11.3. The topological polar surface area (TPSA) is 83.6 Å². The smallest absolute Gasteiger partial charge is 0.257 e. The number of nitrogens with one attached hydrogen (secondary N) is 2. The molecule has 0 spiro atoms. The number of benzene rings is 1. The van der Waals surface area contributed by atoms with Gasteiger partial charge in [0, 0.05) is 29.5 Å². The van der Waals surface area contributed by atoms with Crippen LogP contribution >= 0.6 is 0 Å². The highest BCUT2D eigenvalue weighted by Crippen LogP contribution is 2.31. The first-order chi connectivity index (χ1) is 13.8. The van der Waals surface area contributed by atoms with Crippen molar-refractivity contribution in [2.75, 3.05) is 5.32 Å². The van der Waals surface area contributed by atoms with Crippen LogP contribution in [0.1, 0.15) is 22.4 Å². The number of carbonyl (C=O) groups excluding carboxylic acids is 1. The molecule has 0 fully saturated rings. The number of hydrogen-bond acceptors (Lipinski definition) is 4. The summed E-state index contributed by atoms with van der Waals surface area (Å²) in [5.74, 6) is 0.462. The van der Waals surface area contributed by atoms with E-state index in [1.807, 2.05) is 60.7 Å². The van der Waals surface area contributed by atoms with Crippen molar-refractivity contribution in [3.63, 3.8) is 0 Å². The lowest BCUT2D eigenvalue weighted by atomic mass is 10.0. The average molecular weight is 365 g/mol. The number of anilines is 1. The Morgan fingerprint density at radius 2 is 1.82 bits per heavy atom. The van der Waals surface area contributed by atoms with Gasteiger partial charge in [-0.1, -0.05) is 12.1 Å². The Labute approximate surface area is 160 Å². The number of carbonyl (C=O) groups is 1. The highest BCUT2D eigenvalue weighted by Gasteiger charge is 2.24. The van der Waals surface area contributed by atoms with Gasteiger partial charge in [0.2, 0.25) is 0 Å². The zero-order chi connectivity index (χ0) is 18.9. The molecule has 6 nitrogen and oxygen atoms in total. The van der Waals surface area contributed by atoms with Crippen LogP contribution < -0.4 is 5.32 Å². The van der Waals surface area contributed by atoms with E-state index in [0.29, 0.717) is 11.4 Å². The lowest BCUT2D eigenvalue weighted by Crippen LogP contribution is -2.04. The standard InChI is InChI=1S/C22H15N5O/c28-22-18(16-2-1-9-24-21(16)25-22)12-15-3-5-17-19(26-27-20(17)13-15)6-4-14-7-10-23-11-8-14/h1-13H,(H,26,27)(H,24,25,28)/b6-4+,18-12+. The second-order valence-electron chi connectivity index (χ2n) is 6.44. The summed E-state index contributed by atoms with van der Waals surface area (Å²) in [6.07, 6.45) is 11.0. The zero-order valence-corrected chi connectivity index (χ0v) is 14.8. The molecule has 4 heterocycles. The van der Waals surface area contributed by atoms with Gasteiger partial charge in [0.15, 0.2) is 0 Å². The van der Waals surface area contributed by atoms with Crippen LogP contribution in [0.25, 0.3) is 34.7 Å². The van der Waals surface area contributed by atoms with E-state index in [1.54, 1.807) is 18.6 Å². The molecule has 0 aliphatic carbocycles. The van der Waals surface area contributed by atoms with Crippen LogP contribution in [0.3, 0.4) is 0 Å². The van der Waals surface area contributed by atoms with Gasteiger partial charge in [-0.3, -0.25) is 14.9 Å². The Morgan fingerprint density at radius 1 is 0.929 bits per heavy atom. The number of aromatic amines is 1. The second-order valence-corrected chi connectivity index (χ2v) is 6.44. The number of amides is 1. The van der Waals surface area contributed by atoms with Crippen LogP contribution in [-0.2, 0) is 4.79 Å². The quantitative estimate of drug-likeness (QED) is 0.537. The number of hydrogen-bond donors (Lipinski definition) is 2. The molecule has 5 rings (SSSR count). The fourth-order valence-corrected chi connectivity index (χ4v) is 3.25. The van der Waals surface area contributed by atoms with Crippen molar-refractivity contribution in [1.82, 2.24) is 20.2 Å². The molecule has 6 heteroatoms. The Kier molecular flexibility index (Phi) is 3.80. The average Bonchev–Trinajstić information content (AvgIpc) is 3.28. The number of rotatable bonds is 3. The van der Waals surface area contributed by atoms with E-state index in [2.05, 4.69) is 25.5 Å². The van der Waals surface area contributed by atoms with Crippen LogP contribution in [0.5, 0.6) is 0 Å². The lowest BCUT2D eigenvalue weighted by molar-refractivity contribution is -0.110. The van der Waals surface area contributed by atoms with Gasteiger partial charge in [-0.05, 0) is 59.7 Å². The monoisotopic (exact) mass is 365 g/mol. The van der Waals surface area contributed by atoms with Crippen molar-refractivity contribution in [3.05, 3.63) is 83.4 Å². The van der Waals surface area contributed by atoms with Crippen LogP contribution in [-0.4, -0.2) is 26.1 Å². The van der Waals surface area contributed by atoms with Crippen LogP contribution in [0.15, 0.2) is 61.1 Å². The molecule has 2 N–H and O–H groups in total. The molecule has 1 aromatic carbocycles. The van der Waals surface area contributed by atoms with Crippen molar-refractivity contribution < 1.29 is 4.79 Å². The van der Waals surface area contributed by atoms with Gasteiger partial charge >= 0.3 is 0 Å². The summed E-state index contributed by atoms with van der Waals surface area (Å²) in [6, 6.07) is 13.6. The van der Waals surface area contributed by atoms with Gasteiger partial charge in [0.25, 0.3) is 5.91 Å². The fourth-order valence-electron chi connectivity index (χ4n) is 3.25. The molecule has 0 atom stereocenters. The highest BCUT2D eigenvalue weighted by atomic mass is 16.2. The predicted molar refractivity (Wildman–Crippen MR) is 110 cm³/mol. The molecule has 0 bridgehead atoms. The van der Waals surface area contributed by atoms with Gasteiger partial charge in [-0.25, -0.2) is 4.98 Å². The SMILES string of the molecule is O=C1Nc2ncccc2/C1=C\c1ccc2c(/C=C/c3ccncc3)n[nH]c2c1. The third-order valence-corrected chi connectivity index (χ3v) is 4.64. The molecule has 0 saturated heterocycles. The lowest BCUT2D eigenvalue weighted by Gasteiger charge is -1.99. The molecule has 1 amide bonds. The Morgan fingerprint density at radius 3 is 2.71 bits per heavy atom. The highest BCUT2D eigenvalue weighted by molar-refractivity contribution is 6.34. The molecular weight excluding hydrogens is 350 g/mol. The molecule has 0 radical (unpaired) electrons. The van der Waals surface area contributed by atoms with E-state index >= 15 is 0 Å². The molecule has 1 aliphatic rings. The zero-order valence-electron chi connectivity index (χ0n) is 14.8. The van der Waals surface area contributed by atoms with Gasteiger partial charge in [0.1, 0.15) is 5.82 Å². The molecule has 0 unspecified atom stereocenters. The summed E-state index contributed by atoms with van der Waals surface area (Å²) < 4.78 is 0. The van der Waals surface area contributed by atoms with Crippen molar-refractivity contribution >= 4 is 46.4 Å². The summed E-state index contributed by atoms with van der Waals surface area (Å²) in [7, 11) is 0. The Hall–Kier alpha value is -4.06. The Balaban J connectivity index is 1.49. The Bertz CT molecular complexity index is 1250. The van der Waals surface area contributed by atoms with Gasteiger partial charge < -0.3 is 5.32 Å². The minimum Gasteiger partial charge on any atom is -0.306 e.